The number of likely N-dealkylation sites (tertiary alicyclic amines) is 1. The van der Waals surface area contributed by atoms with E-state index in [0.717, 1.165) is 43.0 Å². The highest BCUT2D eigenvalue weighted by molar-refractivity contribution is 7.10. The summed E-state index contributed by atoms with van der Waals surface area (Å²) in [5, 5.41) is 6.56. The highest BCUT2D eigenvalue weighted by Crippen LogP contribution is 2.20. The highest BCUT2D eigenvalue weighted by Gasteiger charge is 2.22. The molecule has 2 aromatic rings. The quantitative estimate of drug-likeness (QED) is 0.805. The summed E-state index contributed by atoms with van der Waals surface area (Å²) >= 11 is 1.65. The van der Waals surface area contributed by atoms with Gasteiger partial charge >= 0.3 is 0 Å². The molecular formula is C18H23N3OS. The molecule has 122 valence electrons. The molecule has 23 heavy (non-hydrogen) atoms. The van der Waals surface area contributed by atoms with Crippen LogP contribution in [-0.2, 0) is 11.3 Å². The minimum Gasteiger partial charge on any atom is -0.339 e. The Labute approximate surface area is 141 Å². The van der Waals surface area contributed by atoms with Gasteiger partial charge in [-0.15, -0.1) is 11.3 Å². The summed E-state index contributed by atoms with van der Waals surface area (Å²) < 4.78 is 2.11. The van der Waals surface area contributed by atoms with Crippen molar-refractivity contribution in [2.24, 2.45) is 5.92 Å². The number of carbonyl (C=O) groups excluding carboxylic acids is 1. The van der Waals surface area contributed by atoms with E-state index in [9.17, 15) is 4.79 Å². The molecule has 0 spiro atoms. The smallest absolute Gasteiger partial charge is 0.246 e. The third-order valence-corrected chi connectivity index (χ3v) is 5.23. The van der Waals surface area contributed by atoms with E-state index < -0.39 is 0 Å². The lowest BCUT2D eigenvalue weighted by Gasteiger charge is -2.31. The first-order valence-corrected chi connectivity index (χ1v) is 9.01. The van der Waals surface area contributed by atoms with Gasteiger partial charge in [0.2, 0.25) is 5.91 Å². The predicted molar refractivity (Wildman–Crippen MR) is 94.4 cm³/mol. The van der Waals surface area contributed by atoms with E-state index in [-0.39, 0.29) is 5.91 Å². The van der Waals surface area contributed by atoms with Crippen LogP contribution in [0.3, 0.4) is 0 Å². The molecule has 5 heteroatoms. The Kier molecular flexibility index (Phi) is 4.96. The summed E-state index contributed by atoms with van der Waals surface area (Å²) in [7, 11) is 0. The summed E-state index contributed by atoms with van der Waals surface area (Å²) in [6, 6.07) is 6.14. The summed E-state index contributed by atoms with van der Waals surface area (Å²) in [5.74, 6) is 0.737. The van der Waals surface area contributed by atoms with Crippen LogP contribution in [0, 0.1) is 19.8 Å². The van der Waals surface area contributed by atoms with Crippen LogP contribution in [0.4, 0.5) is 0 Å². The molecule has 0 aromatic carbocycles. The van der Waals surface area contributed by atoms with Gasteiger partial charge in [-0.3, -0.25) is 9.48 Å². The van der Waals surface area contributed by atoms with Gasteiger partial charge in [-0.05, 0) is 56.2 Å². The molecule has 1 amide bonds. The van der Waals surface area contributed by atoms with Gasteiger partial charge in [0.15, 0.2) is 0 Å². The normalized spacial score (nSPS) is 16.3. The Hall–Kier alpha value is -1.88. The average Bonchev–Trinajstić information content (AvgIpc) is 3.16. The van der Waals surface area contributed by atoms with Crippen LogP contribution in [0.5, 0.6) is 0 Å². The lowest BCUT2D eigenvalue weighted by atomic mass is 9.96. The molecule has 0 saturated carbocycles. The maximum absolute atomic E-state index is 12.2. The first kappa shape index (κ1) is 16.0. The molecule has 0 bridgehead atoms. The first-order chi connectivity index (χ1) is 11.1. The van der Waals surface area contributed by atoms with E-state index in [1.165, 1.54) is 5.69 Å². The van der Waals surface area contributed by atoms with E-state index in [1.54, 1.807) is 17.4 Å². The highest BCUT2D eigenvalue weighted by atomic mass is 32.1. The van der Waals surface area contributed by atoms with Crippen molar-refractivity contribution < 1.29 is 4.79 Å². The number of hydrogen-bond donors (Lipinski definition) is 0. The molecule has 1 aliphatic heterocycles. The van der Waals surface area contributed by atoms with Crippen molar-refractivity contribution in [3.8, 4) is 0 Å². The maximum atomic E-state index is 12.2. The second-order valence-electron chi connectivity index (χ2n) is 6.23. The predicted octanol–water partition coefficient (Wildman–Crippen LogP) is 3.51. The van der Waals surface area contributed by atoms with Crippen LogP contribution in [0.15, 0.2) is 29.7 Å². The van der Waals surface area contributed by atoms with Crippen molar-refractivity contribution >= 4 is 23.3 Å². The van der Waals surface area contributed by atoms with Gasteiger partial charge in [0.1, 0.15) is 0 Å². The van der Waals surface area contributed by atoms with Gasteiger partial charge in [0, 0.05) is 36.3 Å². The van der Waals surface area contributed by atoms with Crippen molar-refractivity contribution in [3.05, 3.63) is 45.9 Å². The van der Waals surface area contributed by atoms with Crippen molar-refractivity contribution in [2.45, 2.75) is 33.2 Å². The lowest BCUT2D eigenvalue weighted by Crippen LogP contribution is -2.38. The molecule has 4 nitrogen and oxygen atoms in total. The van der Waals surface area contributed by atoms with Crippen molar-refractivity contribution in [1.82, 2.24) is 14.7 Å². The van der Waals surface area contributed by atoms with Gasteiger partial charge in [-0.1, -0.05) is 6.07 Å². The number of rotatable bonds is 4. The Morgan fingerprint density at radius 3 is 2.78 bits per heavy atom. The second-order valence-corrected chi connectivity index (χ2v) is 7.21. The molecule has 1 fully saturated rings. The topological polar surface area (TPSA) is 38.1 Å². The van der Waals surface area contributed by atoms with Crippen LogP contribution in [0.1, 0.15) is 29.1 Å². The molecule has 1 aliphatic rings. The van der Waals surface area contributed by atoms with E-state index >= 15 is 0 Å². The van der Waals surface area contributed by atoms with E-state index in [2.05, 4.69) is 22.8 Å². The second kappa shape index (κ2) is 7.13. The summed E-state index contributed by atoms with van der Waals surface area (Å²) in [4.78, 5) is 15.3. The average molecular weight is 329 g/mol. The number of piperidine rings is 1. The van der Waals surface area contributed by atoms with Crippen LogP contribution in [-0.4, -0.2) is 33.7 Å². The minimum absolute atomic E-state index is 0.128. The van der Waals surface area contributed by atoms with Crippen molar-refractivity contribution in [2.75, 3.05) is 13.1 Å². The zero-order valence-electron chi connectivity index (χ0n) is 13.7. The molecule has 3 heterocycles. The molecule has 0 N–H and O–H groups in total. The number of amides is 1. The summed E-state index contributed by atoms with van der Waals surface area (Å²) in [6.45, 7) is 6.79. The van der Waals surface area contributed by atoms with Gasteiger partial charge in [-0.25, -0.2) is 0 Å². The first-order valence-electron chi connectivity index (χ1n) is 8.13. The molecule has 0 atom stereocenters. The van der Waals surface area contributed by atoms with Gasteiger partial charge < -0.3 is 4.90 Å². The number of hydrogen-bond acceptors (Lipinski definition) is 3. The molecule has 0 radical (unpaired) electrons. The summed E-state index contributed by atoms with van der Waals surface area (Å²) in [6.07, 6.45) is 5.72. The third-order valence-electron chi connectivity index (χ3n) is 4.39. The Morgan fingerprint density at radius 2 is 2.17 bits per heavy atom. The fourth-order valence-corrected chi connectivity index (χ4v) is 3.70. The number of carbonyl (C=O) groups is 1. The fourth-order valence-electron chi connectivity index (χ4n) is 3.09. The Balaban J connectivity index is 1.50. The fraction of sp³-hybridized carbons (Fsp3) is 0.444. The molecule has 1 saturated heterocycles. The standard InChI is InChI=1S/C18H23N3OS/c1-14-12-15(2)21(19-14)13-16-7-9-20(10-8-16)18(22)6-5-17-4-3-11-23-17/h3-6,11-12,16H,7-10,13H2,1-2H3/b6-5+. The van der Waals surface area contributed by atoms with Crippen LogP contribution in [0.25, 0.3) is 6.08 Å². The number of aryl methyl sites for hydroxylation is 2. The monoisotopic (exact) mass is 329 g/mol. The zero-order valence-corrected chi connectivity index (χ0v) is 14.6. The molecule has 3 rings (SSSR count). The SMILES string of the molecule is Cc1cc(C)n(CC2CCN(C(=O)/C=C/c3cccs3)CC2)n1. The van der Waals surface area contributed by atoms with Gasteiger partial charge in [0.25, 0.3) is 0 Å². The van der Waals surface area contributed by atoms with Gasteiger partial charge in [-0.2, -0.15) is 5.10 Å². The number of thiophene rings is 1. The van der Waals surface area contributed by atoms with E-state index in [0.29, 0.717) is 5.92 Å². The maximum Gasteiger partial charge on any atom is 0.246 e. The van der Waals surface area contributed by atoms with Gasteiger partial charge in [0.05, 0.1) is 5.69 Å². The van der Waals surface area contributed by atoms with E-state index in [4.69, 9.17) is 0 Å². The summed E-state index contributed by atoms with van der Waals surface area (Å²) in [5.41, 5.74) is 2.30. The van der Waals surface area contributed by atoms with Crippen LogP contribution >= 0.6 is 11.3 Å². The zero-order chi connectivity index (χ0) is 16.2. The van der Waals surface area contributed by atoms with Crippen LogP contribution < -0.4 is 0 Å². The molecule has 0 unspecified atom stereocenters. The Morgan fingerprint density at radius 1 is 1.39 bits per heavy atom. The third kappa shape index (κ3) is 4.10. The molecular weight excluding hydrogens is 306 g/mol. The van der Waals surface area contributed by atoms with E-state index in [1.807, 2.05) is 35.4 Å². The molecule has 0 aliphatic carbocycles. The molecule has 2 aromatic heterocycles. The largest absolute Gasteiger partial charge is 0.339 e. The number of aromatic nitrogens is 2. The lowest BCUT2D eigenvalue weighted by molar-refractivity contribution is -0.127. The van der Waals surface area contributed by atoms with Crippen molar-refractivity contribution in [3.63, 3.8) is 0 Å². The number of nitrogens with zero attached hydrogens (tertiary/aromatic N) is 3. The van der Waals surface area contributed by atoms with Crippen molar-refractivity contribution in [1.29, 1.82) is 0 Å². The van der Waals surface area contributed by atoms with Crippen LogP contribution in [0.2, 0.25) is 0 Å². The minimum atomic E-state index is 0.128. The Bertz CT molecular complexity index is 679.